The van der Waals surface area contributed by atoms with Crippen molar-refractivity contribution in [1.82, 2.24) is 9.78 Å². The lowest BCUT2D eigenvalue weighted by molar-refractivity contribution is -0.126. The molecule has 1 atom stereocenters. The molecule has 5 rings (SSSR count). The van der Waals surface area contributed by atoms with E-state index in [1.165, 1.54) is 0 Å². The third kappa shape index (κ3) is 2.42. The zero-order chi connectivity index (χ0) is 21.0. The predicted octanol–water partition coefficient (Wildman–Crippen LogP) is 3.44. The summed E-state index contributed by atoms with van der Waals surface area (Å²) in [5.74, 6) is 2.59. The van der Waals surface area contributed by atoms with Crippen molar-refractivity contribution in [2.75, 3.05) is 16.8 Å². The van der Waals surface area contributed by atoms with Gasteiger partial charge in [0.15, 0.2) is 0 Å². The fourth-order valence-electron chi connectivity index (χ4n) is 4.43. The molecule has 1 aromatic heterocycles. The zero-order valence-corrected chi connectivity index (χ0v) is 16.9. The molecule has 3 aromatic rings. The van der Waals surface area contributed by atoms with E-state index in [9.17, 15) is 9.59 Å². The molecule has 0 saturated heterocycles. The van der Waals surface area contributed by atoms with Gasteiger partial charge in [-0.2, -0.15) is 5.10 Å². The van der Waals surface area contributed by atoms with Crippen LogP contribution >= 0.6 is 11.6 Å². The van der Waals surface area contributed by atoms with Crippen LogP contribution in [-0.4, -0.2) is 28.1 Å². The number of nitrogens with one attached hydrogen (secondary N) is 1. The standard InChI is InChI=1S/C23H17ClN4O2/c1-3-10-27-19-9-4-14(2)11-17(19)23(22(27)30)12-20(29)26-21-18(23)13-25-28(21)16-7-5-15(24)6-8-16/h1,4-9,11,13H,10,12H2,2H3,(H,26,29)/t23-/m1/s1. The van der Waals surface area contributed by atoms with Crippen LogP contribution in [0.1, 0.15) is 23.1 Å². The number of carbonyl (C=O) groups excluding carboxylic acids is 2. The molecule has 0 unspecified atom stereocenters. The van der Waals surface area contributed by atoms with Gasteiger partial charge >= 0.3 is 0 Å². The second-order valence-corrected chi connectivity index (χ2v) is 7.98. The smallest absolute Gasteiger partial charge is 0.243 e. The Bertz CT molecular complexity index is 1260. The maximum atomic E-state index is 13.7. The van der Waals surface area contributed by atoms with Gasteiger partial charge in [-0.05, 0) is 42.8 Å². The highest BCUT2D eigenvalue weighted by Crippen LogP contribution is 2.52. The van der Waals surface area contributed by atoms with E-state index in [0.717, 1.165) is 22.5 Å². The van der Waals surface area contributed by atoms with Gasteiger partial charge in [0, 0.05) is 22.7 Å². The number of carbonyl (C=O) groups is 2. The van der Waals surface area contributed by atoms with Gasteiger partial charge in [-0.25, -0.2) is 4.68 Å². The van der Waals surface area contributed by atoms with Crippen molar-refractivity contribution >= 4 is 34.9 Å². The molecule has 0 fully saturated rings. The average molecular weight is 417 g/mol. The van der Waals surface area contributed by atoms with Crippen molar-refractivity contribution in [3.05, 3.63) is 70.4 Å². The van der Waals surface area contributed by atoms with E-state index in [1.54, 1.807) is 27.9 Å². The number of rotatable bonds is 2. The summed E-state index contributed by atoms with van der Waals surface area (Å²) in [6, 6.07) is 12.9. The molecule has 7 heteroatoms. The Balaban J connectivity index is 1.77. The molecular formula is C23H17ClN4O2. The highest BCUT2D eigenvalue weighted by atomic mass is 35.5. The maximum absolute atomic E-state index is 13.7. The number of aryl methyl sites for hydroxylation is 1. The van der Waals surface area contributed by atoms with Crippen LogP contribution in [0.5, 0.6) is 0 Å². The van der Waals surface area contributed by atoms with Crippen LogP contribution in [-0.2, 0) is 15.0 Å². The van der Waals surface area contributed by atoms with Crippen molar-refractivity contribution < 1.29 is 9.59 Å². The fourth-order valence-corrected chi connectivity index (χ4v) is 4.56. The lowest BCUT2D eigenvalue weighted by Gasteiger charge is -2.32. The van der Waals surface area contributed by atoms with Crippen molar-refractivity contribution in [3.8, 4) is 18.0 Å². The Hall–Kier alpha value is -3.56. The molecule has 30 heavy (non-hydrogen) atoms. The van der Waals surface area contributed by atoms with E-state index >= 15 is 0 Å². The largest absolute Gasteiger partial charge is 0.310 e. The number of fused-ring (bicyclic) bond motifs is 4. The summed E-state index contributed by atoms with van der Waals surface area (Å²) in [4.78, 5) is 28.2. The van der Waals surface area contributed by atoms with Gasteiger partial charge in [0.1, 0.15) is 11.2 Å². The summed E-state index contributed by atoms with van der Waals surface area (Å²) in [5, 5.41) is 8.00. The minimum atomic E-state index is -1.15. The quantitative estimate of drug-likeness (QED) is 0.651. The summed E-state index contributed by atoms with van der Waals surface area (Å²) in [6.45, 7) is 2.10. The molecule has 148 valence electrons. The molecular weight excluding hydrogens is 400 g/mol. The third-order valence-electron chi connectivity index (χ3n) is 5.75. The first-order chi connectivity index (χ1) is 14.5. The molecule has 0 radical (unpaired) electrons. The SMILES string of the molecule is C#CCN1C(=O)[C@]2(CC(=O)Nc3c2cnn3-c2ccc(Cl)cc2)c2cc(C)ccc21. The number of benzene rings is 2. The number of amides is 2. The number of hydrogen-bond acceptors (Lipinski definition) is 3. The van der Waals surface area contributed by atoms with E-state index in [2.05, 4.69) is 16.3 Å². The first-order valence-corrected chi connectivity index (χ1v) is 9.84. The van der Waals surface area contributed by atoms with Crippen LogP contribution in [0.3, 0.4) is 0 Å². The Morgan fingerprint density at radius 1 is 1.20 bits per heavy atom. The van der Waals surface area contributed by atoms with Crippen molar-refractivity contribution in [2.24, 2.45) is 0 Å². The fraction of sp³-hybridized carbons (Fsp3) is 0.174. The molecule has 3 heterocycles. The third-order valence-corrected chi connectivity index (χ3v) is 6.00. The Morgan fingerprint density at radius 2 is 1.97 bits per heavy atom. The highest BCUT2D eigenvalue weighted by Gasteiger charge is 2.57. The number of nitrogens with zero attached hydrogens (tertiary/aromatic N) is 3. The van der Waals surface area contributed by atoms with Gasteiger partial charge in [0.25, 0.3) is 0 Å². The molecule has 2 aromatic carbocycles. The van der Waals surface area contributed by atoms with Gasteiger partial charge in [-0.1, -0.05) is 35.2 Å². The van der Waals surface area contributed by atoms with Crippen molar-refractivity contribution in [3.63, 3.8) is 0 Å². The van der Waals surface area contributed by atoms with E-state index in [4.69, 9.17) is 18.0 Å². The van der Waals surface area contributed by atoms with Gasteiger partial charge in [0.05, 0.1) is 18.4 Å². The molecule has 2 amide bonds. The second-order valence-electron chi connectivity index (χ2n) is 7.54. The normalized spacial score (nSPS) is 19.4. The topological polar surface area (TPSA) is 67.2 Å². The zero-order valence-electron chi connectivity index (χ0n) is 16.1. The molecule has 2 aliphatic rings. The molecule has 0 bridgehead atoms. The average Bonchev–Trinajstić information content (AvgIpc) is 3.23. The summed E-state index contributed by atoms with van der Waals surface area (Å²) >= 11 is 6.01. The second kappa shape index (κ2) is 6.48. The minimum Gasteiger partial charge on any atom is -0.310 e. The first-order valence-electron chi connectivity index (χ1n) is 9.46. The number of terminal acetylenes is 1. The summed E-state index contributed by atoms with van der Waals surface area (Å²) in [5.41, 5.74) is 2.77. The highest BCUT2D eigenvalue weighted by molar-refractivity contribution is 6.30. The summed E-state index contributed by atoms with van der Waals surface area (Å²) in [6.07, 6.45) is 7.20. The molecule has 6 nitrogen and oxygen atoms in total. The van der Waals surface area contributed by atoms with E-state index in [1.807, 2.05) is 37.3 Å². The van der Waals surface area contributed by atoms with Crippen LogP contribution in [0.25, 0.3) is 5.69 Å². The van der Waals surface area contributed by atoms with Gasteiger partial charge < -0.3 is 5.32 Å². The van der Waals surface area contributed by atoms with Crippen LogP contribution in [0.15, 0.2) is 48.7 Å². The van der Waals surface area contributed by atoms with Gasteiger partial charge in [-0.15, -0.1) is 6.42 Å². The van der Waals surface area contributed by atoms with Crippen LogP contribution in [0.2, 0.25) is 5.02 Å². The Kier molecular flexibility index (Phi) is 3.99. The van der Waals surface area contributed by atoms with Crippen LogP contribution in [0.4, 0.5) is 11.5 Å². The number of aromatic nitrogens is 2. The number of hydrogen-bond donors (Lipinski definition) is 1. The summed E-state index contributed by atoms with van der Waals surface area (Å²) in [7, 11) is 0. The molecule has 1 spiro atoms. The molecule has 0 saturated carbocycles. The van der Waals surface area contributed by atoms with E-state index in [0.29, 0.717) is 16.4 Å². The maximum Gasteiger partial charge on any atom is 0.243 e. The summed E-state index contributed by atoms with van der Waals surface area (Å²) < 4.78 is 1.62. The first kappa shape index (κ1) is 18.5. The van der Waals surface area contributed by atoms with Crippen LogP contribution < -0.4 is 10.2 Å². The Morgan fingerprint density at radius 3 is 2.70 bits per heavy atom. The lowest BCUT2D eigenvalue weighted by Crippen LogP contribution is -2.46. The van der Waals surface area contributed by atoms with E-state index in [-0.39, 0.29) is 24.8 Å². The predicted molar refractivity (Wildman–Crippen MR) is 115 cm³/mol. The lowest BCUT2D eigenvalue weighted by atomic mass is 9.71. The van der Waals surface area contributed by atoms with Gasteiger partial charge in [-0.3, -0.25) is 14.5 Å². The number of halogens is 1. The molecule has 0 aliphatic carbocycles. The number of anilines is 2. The minimum absolute atomic E-state index is 0.00265. The Labute approximate surface area is 178 Å². The van der Waals surface area contributed by atoms with Crippen LogP contribution in [0, 0.1) is 19.3 Å². The molecule has 1 N–H and O–H groups in total. The van der Waals surface area contributed by atoms with Crippen molar-refractivity contribution in [1.29, 1.82) is 0 Å². The van der Waals surface area contributed by atoms with Gasteiger partial charge in [0.2, 0.25) is 11.8 Å². The monoisotopic (exact) mass is 416 g/mol. The van der Waals surface area contributed by atoms with E-state index < -0.39 is 5.41 Å². The molecule has 2 aliphatic heterocycles. The van der Waals surface area contributed by atoms with Crippen molar-refractivity contribution in [2.45, 2.75) is 18.8 Å².